The number of hydrogen-bond donors (Lipinski definition) is 1. The third-order valence-corrected chi connectivity index (χ3v) is 6.30. The highest BCUT2D eigenvalue weighted by Crippen LogP contribution is 2.31. The predicted molar refractivity (Wildman–Crippen MR) is 99.7 cm³/mol. The van der Waals surface area contributed by atoms with Gasteiger partial charge in [-0.15, -0.1) is 0 Å². The summed E-state index contributed by atoms with van der Waals surface area (Å²) in [7, 11) is -3.80. The molecule has 0 unspecified atom stereocenters. The van der Waals surface area contributed by atoms with Gasteiger partial charge in [0, 0.05) is 21.9 Å². The summed E-state index contributed by atoms with van der Waals surface area (Å²) in [4.78, 5) is 10.9. The molecule has 0 radical (unpaired) electrons. The van der Waals surface area contributed by atoms with E-state index in [9.17, 15) is 13.2 Å². The Balaban J connectivity index is 2.42. The quantitative estimate of drug-likeness (QED) is 0.647. The Morgan fingerprint density at radius 2 is 1.67 bits per heavy atom. The first-order chi connectivity index (χ1) is 11.3. The first-order valence-electron chi connectivity index (χ1n) is 7.07. The summed E-state index contributed by atoms with van der Waals surface area (Å²) < 4.78 is 28.7. The van der Waals surface area contributed by atoms with Crippen LogP contribution >= 0.6 is 31.9 Å². The summed E-state index contributed by atoms with van der Waals surface area (Å²) in [6.45, 7) is 0.0767. The second-order valence-electron chi connectivity index (χ2n) is 4.98. The fourth-order valence-electron chi connectivity index (χ4n) is 2.13. The number of sulfonamides is 1. The lowest BCUT2D eigenvalue weighted by Gasteiger charge is -2.25. The molecule has 5 nitrogen and oxygen atoms in total. The molecule has 2 rings (SSSR count). The van der Waals surface area contributed by atoms with E-state index in [-0.39, 0.29) is 24.3 Å². The number of carboxylic acids is 1. The molecule has 0 aliphatic heterocycles. The summed E-state index contributed by atoms with van der Waals surface area (Å²) >= 11 is 6.65. The molecule has 0 aromatic heterocycles. The van der Waals surface area contributed by atoms with E-state index in [2.05, 4.69) is 31.9 Å². The summed E-state index contributed by atoms with van der Waals surface area (Å²) in [6.07, 6.45) is 0.114. The molecule has 8 heteroatoms. The minimum Gasteiger partial charge on any atom is -0.481 e. The summed E-state index contributed by atoms with van der Waals surface area (Å²) in [6, 6.07) is 13.3. The van der Waals surface area contributed by atoms with Crippen LogP contribution in [0.25, 0.3) is 0 Å². The van der Waals surface area contributed by atoms with E-state index < -0.39 is 16.0 Å². The highest BCUT2D eigenvalue weighted by atomic mass is 79.9. The van der Waals surface area contributed by atoms with Gasteiger partial charge in [-0.25, -0.2) is 8.42 Å². The molecule has 24 heavy (non-hydrogen) atoms. The standard InChI is InChI=1S/C16H15Br2NO4S/c17-12-7-9-13(10-8-12)24(22,23)19(11-3-6-16(20)21)15-5-2-1-4-14(15)18/h1-2,4-5,7-10H,3,6,11H2,(H,20,21). The Labute approximate surface area is 157 Å². The number of carboxylic acid groups (broad SMARTS) is 1. The first-order valence-corrected chi connectivity index (χ1v) is 10.1. The predicted octanol–water partition coefficient (Wildman–Crippen LogP) is 4.27. The van der Waals surface area contributed by atoms with Crippen molar-refractivity contribution in [1.29, 1.82) is 0 Å². The van der Waals surface area contributed by atoms with Gasteiger partial charge in [-0.05, 0) is 58.7 Å². The number of carbonyl (C=O) groups is 1. The van der Waals surface area contributed by atoms with Crippen molar-refractivity contribution in [2.24, 2.45) is 0 Å². The Morgan fingerprint density at radius 3 is 2.25 bits per heavy atom. The second kappa shape index (κ2) is 8.13. The van der Waals surface area contributed by atoms with E-state index in [0.717, 1.165) is 4.47 Å². The van der Waals surface area contributed by atoms with Gasteiger partial charge in [0.2, 0.25) is 0 Å². The third-order valence-electron chi connectivity index (χ3n) is 3.27. The summed E-state index contributed by atoms with van der Waals surface area (Å²) in [5, 5.41) is 8.82. The minimum atomic E-state index is -3.80. The van der Waals surface area contributed by atoms with Crippen LogP contribution in [0.4, 0.5) is 5.69 Å². The van der Waals surface area contributed by atoms with Gasteiger partial charge in [0.1, 0.15) is 0 Å². The van der Waals surface area contributed by atoms with E-state index in [1.54, 1.807) is 36.4 Å². The van der Waals surface area contributed by atoms with E-state index in [1.807, 2.05) is 0 Å². The van der Waals surface area contributed by atoms with Gasteiger partial charge >= 0.3 is 5.97 Å². The van der Waals surface area contributed by atoms with Gasteiger partial charge in [0.15, 0.2) is 0 Å². The zero-order valence-corrected chi connectivity index (χ0v) is 16.5. The van der Waals surface area contributed by atoms with Crippen LogP contribution in [0, 0.1) is 0 Å². The molecule has 0 spiro atoms. The molecule has 2 aromatic rings. The highest BCUT2D eigenvalue weighted by molar-refractivity contribution is 9.10. The van der Waals surface area contributed by atoms with Gasteiger partial charge in [-0.3, -0.25) is 9.10 Å². The molecule has 0 bridgehead atoms. The molecular formula is C16H15Br2NO4S. The number of benzene rings is 2. The van der Waals surface area contributed by atoms with E-state index >= 15 is 0 Å². The van der Waals surface area contributed by atoms with Crippen LogP contribution in [-0.2, 0) is 14.8 Å². The van der Waals surface area contributed by atoms with Crippen LogP contribution in [0.3, 0.4) is 0 Å². The van der Waals surface area contributed by atoms with E-state index in [0.29, 0.717) is 10.2 Å². The molecular weight excluding hydrogens is 462 g/mol. The van der Waals surface area contributed by atoms with E-state index in [4.69, 9.17) is 5.11 Å². The SMILES string of the molecule is O=C(O)CCCN(c1ccccc1Br)S(=O)(=O)c1ccc(Br)cc1. The molecule has 2 aromatic carbocycles. The average Bonchev–Trinajstić information content (AvgIpc) is 2.52. The largest absolute Gasteiger partial charge is 0.481 e. The van der Waals surface area contributed by atoms with Crippen LogP contribution in [0.15, 0.2) is 62.4 Å². The maximum Gasteiger partial charge on any atom is 0.303 e. The number of hydrogen-bond acceptors (Lipinski definition) is 3. The molecule has 0 aliphatic carbocycles. The van der Waals surface area contributed by atoms with E-state index in [1.165, 1.54) is 16.4 Å². The van der Waals surface area contributed by atoms with Crippen LogP contribution in [-0.4, -0.2) is 26.0 Å². The molecule has 0 aliphatic rings. The Bertz CT molecular complexity index is 822. The molecule has 0 saturated heterocycles. The van der Waals surface area contributed by atoms with Crippen molar-refractivity contribution < 1.29 is 18.3 Å². The molecule has 0 saturated carbocycles. The maximum absolute atomic E-state index is 13.0. The van der Waals surface area contributed by atoms with Crippen molar-refractivity contribution >= 4 is 53.5 Å². The first kappa shape index (κ1) is 19.0. The monoisotopic (exact) mass is 475 g/mol. The Hall–Kier alpha value is -1.38. The number of aliphatic carboxylic acids is 1. The summed E-state index contributed by atoms with van der Waals surface area (Å²) in [5.74, 6) is -0.955. The van der Waals surface area contributed by atoms with Crippen LogP contribution in [0.1, 0.15) is 12.8 Å². The number of halogens is 2. The number of para-hydroxylation sites is 1. The van der Waals surface area contributed by atoms with Crippen molar-refractivity contribution in [2.45, 2.75) is 17.7 Å². The molecule has 0 amide bonds. The molecule has 0 fully saturated rings. The van der Waals surface area contributed by atoms with Gasteiger partial charge in [0.25, 0.3) is 10.0 Å². The smallest absolute Gasteiger partial charge is 0.303 e. The molecule has 0 heterocycles. The van der Waals surface area contributed by atoms with Gasteiger partial charge in [-0.1, -0.05) is 28.1 Å². The molecule has 128 valence electrons. The number of nitrogens with zero attached hydrogens (tertiary/aromatic N) is 1. The average molecular weight is 477 g/mol. The maximum atomic E-state index is 13.0. The molecule has 0 atom stereocenters. The van der Waals surface area contributed by atoms with Crippen LogP contribution in [0.5, 0.6) is 0 Å². The lowest BCUT2D eigenvalue weighted by molar-refractivity contribution is -0.137. The van der Waals surface area contributed by atoms with Crippen LogP contribution in [0.2, 0.25) is 0 Å². The third kappa shape index (κ3) is 4.58. The highest BCUT2D eigenvalue weighted by Gasteiger charge is 2.26. The zero-order valence-electron chi connectivity index (χ0n) is 12.5. The fourth-order valence-corrected chi connectivity index (χ4v) is 4.53. The van der Waals surface area contributed by atoms with Crippen molar-refractivity contribution in [3.05, 3.63) is 57.5 Å². The van der Waals surface area contributed by atoms with Crippen molar-refractivity contribution in [3.8, 4) is 0 Å². The Kier molecular flexibility index (Phi) is 6.42. The molecule has 1 N–H and O–H groups in total. The van der Waals surface area contributed by atoms with Gasteiger partial charge < -0.3 is 5.11 Å². The minimum absolute atomic E-state index is 0.0767. The number of anilines is 1. The van der Waals surface area contributed by atoms with Crippen molar-refractivity contribution in [2.75, 3.05) is 10.8 Å². The van der Waals surface area contributed by atoms with Crippen molar-refractivity contribution in [1.82, 2.24) is 0 Å². The summed E-state index contributed by atoms with van der Waals surface area (Å²) in [5.41, 5.74) is 0.478. The Morgan fingerprint density at radius 1 is 1.04 bits per heavy atom. The second-order valence-corrected chi connectivity index (χ2v) is 8.61. The van der Waals surface area contributed by atoms with Crippen molar-refractivity contribution in [3.63, 3.8) is 0 Å². The van der Waals surface area contributed by atoms with Gasteiger partial charge in [-0.2, -0.15) is 0 Å². The normalized spacial score (nSPS) is 11.2. The lowest BCUT2D eigenvalue weighted by atomic mass is 10.3. The lowest BCUT2D eigenvalue weighted by Crippen LogP contribution is -2.32. The fraction of sp³-hybridized carbons (Fsp3) is 0.188. The topological polar surface area (TPSA) is 74.7 Å². The van der Waals surface area contributed by atoms with Gasteiger partial charge in [0.05, 0.1) is 10.6 Å². The zero-order chi connectivity index (χ0) is 17.7. The van der Waals surface area contributed by atoms with Crippen LogP contribution < -0.4 is 4.31 Å². The number of rotatable bonds is 7.